The second-order valence-corrected chi connectivity index (χ2v) is 7.09. The van der Waals surface area contributed by atoms with E-state index in [2.05, 4.69) is 21.7 Å². The molecule has 0 radical (unpaired) electrons. The maximum atomic E-state index is 12.3. The Bertz CT molecular complexity index is 1040. The molecule has 0 unspecified atom stereocenters. The van der Waals surface area contributed by atoms with Crippen LogP contribution in [0.5, 0.6) is 0 Å². The molecule has 0 bridgehead atoms. The van der Waals surface area contributed by atoms with Crippen molar-refractivity contribution >= 4 is 40.1 Å². The Balaban J connectivity index is 1.43. The van der Waals surface area contributed by atoms with E-state index in [0.29, 0.717) is 17.8 Å². The van der Waals surface area contributed by atoms with Crippen LogP contribution in [-0.4, -0.2) is 28.9 Å². The molecule has 1 heterocycles. The number of nitrogens with one attached hydrogen (secondary N) is 3. The molecule has 3 N–H and O–H groups in total. The van der Waals surface area contributed by atoms with Crippen LogP contribution >= 0.6 is 0 Å². The summed E-state index contributed by atoms with van der Waals surface area (Å²) in [5.41, 5.74) is 3.42. The minimum Gasteiger partial charge on any atom is -0.453 e. The molecule has 7 heteroatoms. The van der Waals surface area contributed by atoms with E-state index < -0.39 is 18.0 Å². The molecule has 0 aliphatic heterocycles. The third-order valence-electron chi connectivity index (χ3n) is 4.65. The SMILES string of the molecule is CC(=O)Nc1ccc(NC(=O)[C@@H](C)OC(=O)CCCc2c[nH]c3ccccc23)cc1. The third kappa shape index (κ3) is 5.70. The topological polar surface area (TPSA) is 100 Å². The molecular formula is C23H25N3O4. The number of ether oxygens (including phenoxy) is 1. The summed E-state index contributed by atoms with van der Waals surface area (Å²) >= 11 is 0. The quantitative estimate of drug-likeness (QED) is 0.491. The van der Waals surface area contributed by atoms with Gasteiger partial charge in [-0.2, -0.15) is 0 Å². The van der Waals surface area contributed by atoms with Gasteiger partial charge < -0.3 is 20.4 Å². The molecular weight excluding hydrogens is 382 g/mol. The first kappa shape index (κ1) is 21.1. The first-order valence-electron chi connectivity index (χ1n) is 9.85. The van der Waals surface area contributed by atoms with E-state index in [9.17, 15) is 14.4 Å². The van der Waals surface area contributed by atoms with Crippen molar-refractivity contribution in [2.24, 2.45) is 0 Å². The number of aryl methyl sites for hydroxylation is 1. The van der Waals surface area contributed by atoms with Crippen molar-refractivity contribution in [1.29, 1.82) is 0 Å². The number of fused-ring (bicyclic) bond motifs is 1. The van der Waals surface area contributed by atoms with Crippen LogP contribution in [-0.2, 0) is 25.5 Å². The first-order valence-corrected chi connectivity index (χ1v) is 9.85. The van der Waals surface area contributed by atoms with Crippen LogP contribution in [0, 0.1) is 0 Å². The lowest BCUT2D eigenvalue weighted by Gasteiger charge is -2.14. The minimum absolute atomic E-state index is 0.169. The van der Waals surface area contributed by atoms with Crippen molar-refractivity contribution < 1.29 is 19.1 Å². The molecule has 0 saturated heterocycles. The second-order valence-electron chi connectivity index (χ2n) is 7.09. The van der Waals surface area contributed by atoms with E-state index in [4.69, 9.17) is 4.74 Å². The maximum Gasteiger partial charge on any atom is 0.306 e. The number of hydrogen-bond acceptors (Lipinski definition) is 4. The van der Waals surface area contributed by atoms with E-state index in [1.807, 2.05) is 24.4 Å². The summed E-state index contributed by atoms with van der Waals surface area (Å²) in [7, 11) is 0. The number of H-pyrrole nitrogens is 1. The average Bonchev–Trinajstić information content (AvgIpc) is 3.12. The number of para-hydroxylation sites is 1. The molecule has 7 nitrogen and oxygen atoms in total. The highest BCUT2D eigenvalue weighted by Gasteiger charge is 2.18. The first-order chi connectivity index (χ1) is 14.4. The lowest BCUT2D eigenvalue weighted by molar-refractivity contribution is -0.153. The highest BCUT2D eigenvalue weighted by Crippen LogP contribution is 2.19. The molecule has 1 aromatic heterocycles. The van der Waals surface area contributed by atoms with Crippen molar-refractivity contribution in [2.45, 2.75) is 39.2 Å². The van der Waals surface area contributed by atoms with E-state index in [-0.39, 0.29) is 12.3 Å². The average molecular weight is 407 g/mol. The molecule has 30 heavy (non-hydrogen) atoms. The Morgan fingerprint density at radius 1 is 1.00 bits per heavy atom. The Kier molecular flexibility index (Phi) is 6.85. The van der Waals surface area contributed by atoms with Crippen LogP contribution in [0.2, 0.25) is 0 Å². The van der Waals surface area contributed by atoms with Gasteiger partial charge in [0, 0.05) is 41.8 Å². The van der Waals surface area contributed by atoms with Gasteiger partial charge in [0.1, 0.15) is 0 Å². The van der Waals surface area contributed by atoms with E-state index >= 15 is 0 Å². The smallest absolute Gasteiger partial charge is 0.306 e. The second kappa shape index (κ2) is 9.73. The number of hydrogen-bond donors (Lipinski definition) is 3. The minimum atomic E-state index is -0.902. The van der Waals surface area contributed by atoms with Crippen LogP contribution in [0.25, 0.3) is 10.9 Å². The molecule has 3 aromatic rings. The molecule has 156 valence electrons. The number of aromatic nitrogens is 1. The third-order valence-corrected chi connectivity index (χ3v) is 4.65. The van der Waals surface area contributed by atoms with Crippen LogP contribution in [0.1, 0.15) is 32.3 Å². The summed E-state index contributed by atoms with van der Waals surface area (Å²) in [6, 6.07) is 14.7. The molecule has 2 amide bonds. The fourth-order valence-corrected chi connectivity index (χ4v) is 3.16. The Morgan fingerprint density at radius 2 is 1.67 bits per heavy atom. The molecule has 2 aromatic carbocycles. The zero-order valence-corrected chi connectivity index (χ0v) is 17.0. The fourth-order valence-electron chi connectivity index (χ4n) is 3.16. The van der Waals surface area contributed by atoms with Gasteiger partial charge in [0.15, 0.2) is 6.10 Å². The molecule has 0 aliphatic rings. The standard InChI is InChI=1S/C23H25N3O4/c1-15(23(29)26-19-12-10-18(11-13-19)25-16(2)27)30-22(28)9-5-6-17-14-24-21-8-4-3-7-20(17)21/h3-4,7-8,10-15,24H,5-6,9H2,1-2H3,(H,25,27)(H,26,29)/t15-/m1/s1. The van der Waals surface area contributed by atoms with E-state index in [0.717, 1.165) is 22.9 Å². The van der Waals surface area contributed by atoms with Crippen molar-refractivity contribution in [3.8, 4) is 0 Å². The normalized spacial score (nSPS) is 11.7. The molecule has 3 rings (SSSR count). The summed E-state index contributed by atoms with van der Waals surface area (Å²) in [4.78, 5) is 38.6. The van der Waals surface area contributed by atoms with Gasteiger partial charge in [0.05, 0.1) is 0 Å². The summed E-state index contributed by atoms with van der Waals surface area (Å²) < 4.78 is 5.25. The molecule has 0 aliphatic carbocycles. The number of anilines is 2. The Morgan fingerprint density at radius 3 is 2.37 bits per heavy atom. The van der Waals surface area contributed by atoms with Gasteiger partial charge in [-0.1, -0.05) is 18.2 Å². The Hall–Kier alpha value is -3.61. The number of amides is 2. The van der Waals surface area contributed by atoms with Gasteiger partial charge in [-0.05, 0) is 55.7 Å². The number of benzene rings is 2. The molecule has 0 spiro atoms. The van der Waals surface area contributed by atoms with Gasteiger partial charge in [-0.15, -0.1) is 0 Å². The lowest BCUT2D eigenvalue weighted by Crippen LogP contribution is -2.29. The van der Waals surface area contributed by atoms with Crippen molar-refractivity contribution in [1.82, 2.24) is 4.98 Å². The molecule has 0 saturated carbocycles. The number of carbonyl (C=O) groups is 3. The zero-order chi connectivity index (χ0) is 21.5. The van der Waals surface area contributed by atoms with Crippen LogP contribution in [0.4, 0.5) is 11.4 Å². The van der Waals surface area contributed by atoms with Crippen LogP contribution in [0.3, 0.4) is 0 Å². The van der Waals surface area contributed by atoms with Gasteiger partial charge in [-0.3, -0.25) is 14.4 Å². The van der Waals surface area contributed by atoms with Crippen LogP contribution < -0.4 is 10.6 Å². The lowest BCUT2D eigenvalue weighted by atomic mass is 10.1. The van der Waals surface area contributed by atoms with Crippen molar-refractivity contribution in [2.75, 3.05) is 10.6 Å². The predicted molar refractivity (Wildman–Crippen MR) is 116 cm³/mol. The van der Waals surface area contributed by atoms with E-state index in [1.54, 1.807) is 31.2 Å². The van der Waals surface area contributed by atoms with Gasteiger partial charge in [0.25, 0.3) is 5.91 Å². The summed E-state index contributed by atoms with van der Waals surface area (Å²) in [5, 5.41) is 6.50. The van der Waals surface area contributed by atoms with Gasteiger partial charge >= 0.3 is 5.97 Å². The largest absolute Gasteiger partial charge is 0.453 e. The molecule has 1 atom stereocenters. The Labute approximate surface area is 174 Å². The zero-order valence-electron chi connectivity index (χ0n) is 17.0. The summed E-state index contributed by atoms with van der Waals surface area (Å²) in [6.45, 7) is 2.96. The number of aromatic amines is 1. The van der Waals surface area contributed by atoms with E-state index in [1.165, 1.54) is 6.92 Å². The number of carbonyl (C=O) groups excluding carboxylic acids is 3. The fraction of sp³-hybridized carbons (Fsp3) is 0.261. The number of rotatable bonds is 8. The summed E-state index contributed by atoms with van der Waals surface area (Å²) in [5.74, 6) is -0.984. The predicted octanol–water partition coefficient (Wildman–Crippen LogP) is 4.02. The van der Waals surface area contributed by atoms with Crippen LogP contribution in [0.15, 0.2) is 54.7 Å². The maximum absolute atomic E-state index is 12.3. The highest BCUT2D eigenvalue weighted by molar-refractivity contribution is 5.95. The molecule has 0 fully saturated rings. The van der Waals surface area contributed by atoms with Gasteiger partial charge in [0.2, 0.25) is 5.91 Å². The van der Waals surface area contributed by atoms with Crippen molar-refractivity contribution in [3.63, 3.8) is 0 Å². The number of esters is 1. The summed E-state index contributed by atoms with van der Waals surface area (Å²) in [6.07, 6.45) is 2.69. The van der Waals surface area contributed by atoms with Crippen molar-refractivity contribution in [3.05, 3.63) is 60.3 Å². The monoisotopic (exact) mass is 407 g/mol. The van der Waals surface area contributed by atoms with Gasteiger partial charge in [-0.25, -0.2) is 0 Å². The highest BCUT2D eigenvalue weighted by atomic mass is 16.5.